The number of alkyl halides is 3. The quantitative estimate of drug-likeness (QED) is 0.762. The lowest BCUT2D eigenvalue weighted by Gasteiger charge is -2.35. The van der Waals surface area contributed by atoms with Crippen molar-refractivity contribution in [1.29, 1.82) is 0 Å². The van der Waals surface area contributed by atoms with E-state index in [1.807, 2.05) is 20.8 Å². The van der Waals surface area contributed by atoms with Gasteiger partial charge >= 0.3 is 6.18 Å². The van der Waals surface area contributed by atoms with Gasteiger partial charge in [-0.1, -0.05) is 6.07 Å². The Kier molecular flexibility index (Phi) is 6.26. The summed E-state index contributed by atoms with van der Waals surface area (Å²) in [6.45, 7) is 6.26. The van der Waals surface area contributed by atoms with Crippen LogP contribution in [0.1, 0.15) is 39.2 Å². The lowest BCUT2D eigenvalue weighted by atomic mass is 9.85. The zero-order chi connectivity index (χ0) is 20.5. The van der Waals surface area contributed by atoms with Crippen molar-refractivity contribution in [2.45, 2.75) is 55.5 Å². The molecule has 1 fully saturated rings. The van der Waals surface area contributed by atoms with Crippen LogP contribution in [-0.4, -0.2) is 38.2 Å². The maximum absolute atomic E-state index is 12.8. The molecule has 152 valence electrons. The monoisotopic (exact) mass is 406 g/mol. The molecule has 5 nitrogen and oxygen atoms in total. The Hall–Kier alpha value is -1.61. The molecule has 0 bridgehead atoms. The summed E-state index contributed by atoms with van der Waals surface area (Å²) in [4.78, 5) is 11.4. The summed E-state index contributed by atoms with van der Waals surface area (Å²) < 4.78 is 63.4. The van der Waals surface area contributed by atoms with Gasteiger partial charge in [-0.25, -0.2) is 8.42 Å². The molecule has 27 heavy (non-hydrogen) atoms. The lowest BCUT2D eigenvalue weighted by molar-refractivity contribution is -0.137. The maximum atomic E-state index is 12.8. The third-order valence-corrected chi connectivity index (χ3v) is 6.53. The van der Waals surface area contributed by atoms with Crippen LogP contribution in [0.4, 0.5) is 13.2 Å². The van der Waals surface area contributed by atoms with Gasteiger partial charge in [0.1, 0.15) is 0 Å². The number of benzene rings is 1. The van der Waals surface area contributed by atoms with Crippen molar-refractivity contribution in [2.75, 3.05) is 13.1 Å². The van der Waals surface area contributed by atoms with Crippen LogP contribution >= 0.6 is 0 Å². The minimum Gasteiger partial charge on any atom is -0.350 e. The number of rotatable bonds is 6. The van der Waals surface area contributed by atoms with E-state index in [9.17, 15) is 26.4 Å². The number of carbonyl (C=O) groups excluding carboxylic acids is 1. The van der Waals surface area contributed by atoms with Crippen LogP contribution < -0.4 is 10.6 Å². The van der Waals surface area contributed by atoms with Crippen molar-refractivity contribution in [2.24, 2.45) is 5.92 Å². The van der Waals surface area contributed by atoms with Gasteiger partial charge in [0.2, 0.25) is 5.91 Å². The van der Waals surface area contributed by atoms with E-state index in [1.165, 1.54) is 6.07 Å². The summed E-state index contributed by atoms with van der Waals surface area (Å²) >= 11 is 0. The smallest absolute Gasteiger partial charge is 0.350 e. The van der Waals surface area contributed by atoms with Gasteiger partial charge in [-0.3, -0.25) is 4.79 Å². The molecule has 1 aliphatic rings. The van der Waals surface area contributed by atoms with Crippen molar-refractivity contribution < 1.29 is 26.4 Å². The number of nitrogens with one attached hydrogen (secondary N) is 2. The van der Waals surface area contributed by atoms with Gasteiger partial charge in [0.15, 0.2) is 9.84 Å². The summed E-state index contributed by atoms with van der Waals surface area (Å²) in [6, 6.07) is 3.86. The van der Waals surface area contributed by atoms with Gasteiger partial charge in [-0.05, 0) is 64.3 Å². The van der Waals surface area contributed by atoms with Crippen LogP contribution in [0.3, 0.4) is 0 Å². The molecule has 2 N–H and O–H groups in total. The highest BCUT2D eigenvalue weighted by Crippen LogP contribution is 2.37. The summed E-state index contributed by atoms with van der Waals surface area (Å²) in [7, 11) is -3.79. The highest BCUT2D eigenvalue weighted by atomic mass is 32.2. The molecule has 0 aromatic heterocycles. The van der Waals surface area contributed by atoms with Crippen molar-refractivity contribution in [1.82, 2.24) is 10.6 Å². The Labute approximate surface area is 157 Å². The zero-order valence-corrected chi connectivity index (χ0v) is 16.4. The Morgan fingerprint density at radius 2 is 1.81 bits per heavy atom. The molecular formula is C18H25F3N2O3S. The third-order valence-electron chi connectivity index (χ3n) is 4.35. The average molecular weight is 406 g/mol. The number of amides is 1. The molecule has 1 aliphatic carbocycles. The van der Waals surface area contributed by atoms with Crippen molar-refractivity contribution in [3.63, 3.8) is 0 Å². The third kappa shape index (κ3) is 5.93. The fourth-order valence-corrected chi connectivity index (χ4v) is 4.98. The second-order valence-electron chi connectivity index (χ2n) is 7.96. The van der Waals surface area contributed by atoms with Crippen molar-refractivity contribution in [3.8, 4) is 0 Å². The molecule has 1 amide bonds. The van der Waals surface area contributed by atoms with Crippen molar-refractivity contribution in [3.05, 3.63) is 29.8 Å². The number of sulfone groups is 1. The molecular weight excluding hydrogens is 381 g/mol. The van der Waals surface area contributed by atoms with Gasteiger partial charge in [-0.2, -0.15) is 13.2 Å². The van der Waals surface area contributed by atoms with Gasteiger partial charge in [0.05, 0.1) is 22.3 Å². The predicted molar refractivity (Wildman–Crippen MR) is 95.9 cm³/mol. The van der Waals surface area contributed by atoms with E-state index in [1.54, 1.807) is 0 Å². The molecule has 0 aliphatic heterocycles. The Morgan fingerprint density at radius 1 is 1.19 bits per heavy atom. The lowest BCUT2D eigenvalue weighted by Crippen LogP contribution is -2.47. The highest BCUT2D eigenvalue weighted by Gasteiger charge is 2.40. The summed E-state index contributed by atoms with van der Waals surface area (Å²) in [5.74, 6) is -0.0621. The summed E-state index contributed by atoms with van der Waals surface area (Å²) in [5.41, 5.74) is -1.29. The van der Waals surface area contributed by atoms with Crippen LogP contribution in [0.2, 0.25) is 0 Å². The molecule has 0 unspecified atom stereocenters. The molecule has 1 aromatic rings. The van der Waals surface area contributed by atoms with Crippen molar-refractivity contribution >= 4 is 15.7 Å². The zero-order valence-electron chi connectivity index (χ0n) is 15.6. The molecule has 0 spiro atoms. The first-order chi connectivity index (χ1) is 12.3. The normalized spacial score (nSPS) is 20.8. The number of hydrogen-bond acceptors (Lipinski definition) is 4. The van der Waals surface area contributed by atoms with Crippen LogP contribution in [0.25, 0.3) is 0 Å². The highest BCUT2D eigenvalue weighted by molar-refractivity contribution is 7.92. The number of carbonyl (C=O) groups is 1. The minimum atomic E-state index is -4.58. The molecule has 0 atom stereocenters. The predicted octanol–water partition coefficient (Wildman–Crippen LogP) is 2.76. The van der Waals surface area contributed by atoms with Gasteiger partial charge < -0.3 is 10.6 Å². The first-order valence-electron chi connectivity index (χ1n) is 8.72. The SMILES string of the molecule is CC(C)(C)NC(=O)CNC[C@H]1C[C@H](S(=O)(=O)c2cccc(C(F)(F)F)c2)C1. The van der Waals surface area contributed by atoms with E-state index in [4.69, 9.17) is 0 Å². The van der Waals surface area contributed by atoms with Crippen LogP contribution in [0.15, 0.2) is 29.2 Å². The van der Waals surface area contributed by atoms with E-state index >= 15 is 0 Å². The fourth-order valence-electron chi connectivity index (χ4n) is 2.99. The summed E-state index contributed by atoms with van der Waals surface area (Å²) in [5, 5.41) is 5.12. The first kappa shape index (κ1) is 21.7. The first-order valence-corrected chi connectivity index (χ1v) is 10.3. The van der Waals surface area contributed by atoms with E-state index in [-0.39, 0.29) is 28.8 Å². The van der Waals surface area contributed by atoms with Crippen LogP contribution in [0.5, 0.6) is 0 Å². The fraction of sp³-hybridized carbons (Fsp3) is 0.611. The van der Waals surface area contributed by atoms with E-state index in [0.29, 0.717) is 25.5 Å². The Balaban J connectivity index is 1.85. The van der Waals surface area contributed by atoms with E-state index < -0.39 is 26.8 Å². The maximum Gasteiger partial charge on any atom is 0.416 e. The topological polar surface area (TPSA) is 75.3 Å². The minimum absolute atomic E-state index is 0.0815. The standard InChI is InChI=1S/C18H25F3N2O3S/c1-17(2,3)23-16(24)11-22-10-12-7-15(8-12)27(25,26)14-6-4-5-13(9-14)18(19,20)21/h4-6,9,12,15,22H,7-8,10-11H2,1-3H3,(H,23,24)/t12-,15-. The largest absolute Gasteiger partial charge is 0.416 e. The molecule has 0 saturated heterocycles. The van der Waals surface area contributed by atoms with Gasteiger partial charge in [0.25, 0.3) is 0 Å². The second kappa shape index (κ2) is 7.79. The molecule has 9 heteroatoms. The van der Waals surface area contributed by atoms with E-state index in [0.717, 1.165) is 12.1 Å². The van der Waals surface area contributed by atoms with Crippen LogP contribution in [0, 0.1) is 5.92 Å². The van der Waals surface area contributed by atoms with Gasteiger partial charge in [-0.15, -0.1) is 0 Å². The Bertz CT molecular complexity index is 780. The number of halogens is 3. The Morgan fingerprint density at radius 3 is 2.37 bits per heavy atom. The molecule has 1 aromatic carbocycles. The molecule has 0 heterocycles. The molecule has 0 radical (unpaired) electrons. The van der Waals surface area contributed by atoms with Gasteiger partial charge in [0, 0.05) is 5.54 Å². The molecule has 1 saturated carbocycles. The molecule has 2 rings (SSSR count). The summed E-state index contributed by atoms with van der Waals surface area (Å²) in [6.07, 6.45) is -3.84. The van der Waals surface area contributed by atoms with Crippen LogP contribution in [-0.2, 0) is 20.8 Å². The average Bonchev–Trinajstić information content (AvgIpc) is 2.46. The number of hydrogen-bond donors (Lipinski definition) is 2. The van der Waals surface area contributed by atoms with E-state index in [2.05, 4.69) is 10.6 Å². The second-order valence-corrected chi connectivity index (χ2v) is 10.2.